The molecule has 0 saturated carbocycles. The molecule has 7 nitrogen and oxygen atoms in total. The quantitative estimate of drug-likeness (QED) is 0.737. The fourth-order valence-corrected chi connectivity index (χ4v) is 1.98. The molecular weight excluding hydrogens is 262 g/mol. The van der Waals surface area contributed by atoms with Crippen molar-refractivity contribution in [1.82, 2.24) is 15.1 Å². The van der Waals surface area contributed by atoms with E-state index < -0.39 is 5.97 Å². The Morgan fingerprint density at radius 3 is 2.65 bits per heavy atom. The zero-order valence-corrected chi connectivity index (χ0v) is 12.1. The molecule has 0 spiro atoms. The summed E-state index contributed by atoms with van der Waals surface area (Å²) in [5.41, 5.74) is 0. The molecular formula is C13H23N3O4. The van der Waals surface area contributed by atoms with E-state index in [9.17, 15) is 14.4 Å². The second kappa shape index (κ2) is 7.72. The SMILES string of the molecule is CC(CCNC(=O)N1CCN(C)C(=O)C1)CCC(=O)O. The van der Waals surface area contributed by atoms with Crippen LogP contribution < -0.4 is 5.32 Å². The van der Waals surface area contributed by atoms with Crippen LogP contribution in [-0.2, 0) is 9.59 Å². The number of carboxylic acid groups (broad SMARTS) is 1. The van der Waals surface area contributed by atoms with Crippen molar-refractivity contribution in [3.63, 3.8) is 0 Å². The molecule has 1 aliphatic rings. The smallest absolute Gasteiger partial charge is 0.317 e. The van der Waals surface area contributed by atoms with Crippen molar-refractivity contribution < 1.29 is 19.5 Å². The second-order valence-electron chi connectivity index (χ2n) is 5.30. The van der Waals surface area contributed by atoms with Crippen LogP contribution in [0, 0.1) is 5.92 Å². The summed E-state index contributed by atoms with van der Waals surface area (Å²) in [6.07, 6.45) is 1.50. The first-order valence-electron chi connectivity index (χ1n) is 6.88. The van der Waals surface area contributed by atoms with Crippen LogP contribution in [0.25, 0.3) is 0 Å². The number of nitrogens with zero attached hydrogens (tertiary/aromatic N) is 2. The van der Waals surface area contributed by atoms with E-state index in [1.165, 1.54) is 4.90 Å². The molecule has 0 aromatic heterocycles. The fraction of sp³-hybridized carbons (Fsp3) is 0.769. The Bertz CT molecular complexity index is 373. The van der Waals surface area contributed by atoms with Gasteiger partial charge in [0.2, 0.25) is 5.91 Å². The van der Waals surface area contributed by atoms with Crippen molar-refractivity contribution in [1.29, 1.82) is 0 Å². The molecule has 0 aromatic carbocycles. The van der Waals surface area contributed by atoms with Crippen molar-refractivity contribution >= 4 is 17.9 Å². The highest BCUT2D eigenvalue weighted by molar-refractivity contribution is 5.85. The van der Waals surface area contributed by atoms with Crippen molar-refractivity contribution in [3.8, 4) is 0 Å². The predicted octanol–water partition coefficient (Wildman–Crippen LogP) is 0.361. The zero-order valence-electron chi connectivity index (χ0n) is 12.1. The van der Waals surface area contributed by atoms with Crippen LogP contribution in [0.5, 0.6) is 0 Å². The average Bonchev–Trinajstić information content (AvgIpc) is 2.39. The molecule has 0 aliphatic carbocycles. The lowest BCUT2D eigenvalue weighted by atomic mass is 10.0. The third kappa shape index (κ3) is 5.46. The lowest BCUT2D eigenvalue weighted by Gasteiger charge is -2.32. The topological polar surface area (TPSA) is 90.0 Å². The number of rotatable bonds is 6. The van der Waals surface area contributed by atoms with Gasteiger partial charge < -0.3 is 20.2 Å². The normalized spacial score (nSPS) is 17.0. The van der Waals surface area contributed by atoms with E-state index in [1.807, 2.05) is 6.92 Å². The summed E-state index contributed by atoms with van der Waals surface area (Å²) in [6.45, 7) is 3.69. The molecule has 1 saturated heterocycles. The lowest BCUT2D eigenvalue weighted by molar-refractivity contribution is -0.137. The van der Waals surface area contributed by atoms with Gasteiger partial charge in [0.1, 0.15) is 6.54 Å². The minimum Gasteiger partial charge on any atom is -0.481 e. The number of hydrogen-bond acceptors (Lipinski definition) is 3. The lowest BCUT2D eigenvalue weighted by Crippen LogP contribution is -2.53. The van der Waals surface area contributed by atoms with Crippen molar-refractivity contribution in [2.24, 2.45) is 5.92 Å². The van der Waals surface area contributed by atoms with Gasteiger partial charge in [0, 0.05) is 33.1 Å². The maximum atomic E-state index is 11.8. The molecule has 20 heavy (non-hydrogen) atoms. The van der Waals surface area contributed by atoms with Gasteiger partial charge in [-0.2, -0.15) is 0 Å². The number of urea groups is 1. The first-order chi connectivity index (χ1) is 9.40. The number of nitrogens with one attached hydrogen (secondary N) is 1. The van der Waals surface area contributed by atoms with Crippen LogP contribution in [0.2, 0.25) is 0 Å². The van der Waals surface area contributed by atoms with Gasteiger partial charge in [-0.25, -0.2) is 4.79 Å². The molecule has 1 aliphatic heterocycles. The maximum absolute atomic E-state index is 11.8. The molecule has 1 unspecified atom stereocenters. The van der Waals surface area contributed by atoms with E-state index in [-0.39, 0.29) is 30.8 Å². The Morgan fingerprint density at radius 1 is 1.35 bits per heavy atom. The van der Waals surface area contributed by atoms with Gasteiger partial charge in [-0.15, -0.1) is 0 Å². The number of aliphatic carboxylic acids is 1. The Morgan fingerprint density at radius 2 is 2.05 bits per heavy atom. The number of hydrogen-bond donors (Lipinski definition) is 2. The first-order valence-corrected chi connectivity index (χ1v) is 6.88. The Kier molecular flexibility index (Phi) is 6.27. The first kappa shape index (κ1) is 16.3. The standard InChI is InChI=1S/C13H23N3O4/c1-10(3-4-12(18)19)5-6-14-13(20)16-8-7-15(2)11(17)9-16/h10H,3-9H2,1-2H3,(H,14,20)(H,18,19). The van der Waals surface area contributed by atoms with Gasteiger partial charge in [0.25, 0.3) is 0 Å². The Labute approximate surface area is 118 Å². The fourth-order valence-electron chi connectivity index (χ4n) is 1.98. The zero-order chi connectivity index (χ0) is 15.1. The van der Waals surface area contributed by atoms with E-state index in [0.29, 0.717) is 26.1 Å². The predicted molar refractivity (Wildman–Crippen MR) is 73.3 cm³/mol. The molecule has 7 heteroatoms. The Hall–Kier alpha value is -1.79. The van der Waals surface area contributed by atoms with E-state index in [2.05, 4.69) is 5.32 Å². The number of carbonyl (C=O) groups excluding carboxylic acids is 2. The van der Waals surface area contributed by atoms with Crippen LogP contribution in [0.1, 0.15) is 26.2 Å². The number of carboxylic acids is 1. The molecule has 1 heterocycles. The van der Waals surface area contributed by atoms with Crippen molar-refractivity contribution in [2.75, 3.05) is 33.2 Å². The summed E-state index contributed by atoms with van der Waals surface area (Å²) in [7, 11) is 1.72. The highest BCUT2D eigenvalue weighted by Crippen LogP contribution is 2.09. The van der Waals surface area contributed by atoms with Gasteiger partial charge in [-0.1, -0.05) is 6.92 Å². The largest absolute Gasteiger partial charge is 0.481 e. The van der Waals surface area contributed by atoms with Crippen LogP contribution in [0.3, 0.4) is 0 Å². The monoisotopic (exact) mass is 285 g/mol. The number of likely N-dealkylation sites (N-methyl/N-ethyl adjacent to an activating group) is 1. The van der Waals surface area contributed by atoms with Gasteiger partial charge in [-0.3, -0.25) is 9.59 Å². The highest BCUT2D eigenvalue weighted by atomic mass is 16.4. The summed E-state index contributed by atoms with van der Waals surface area (Å²) >= 11 is 0. The van der Waals surface area contributed by atoms with Crippen LogP contribution in [0.15, 0.2) is 0 Å². The second-order valence-corrected chi connectivity index (χ2v) is 5.30. The summed E-state index contributed by atoms with van der Waals surface area (Å²) in [5.74, 6) is -0.599. The molecule has 3 amide bonds. The molecule has 114 valence electrons. The number of piperazine rings is 1. The maximum Gasteiger partial charge on any atom is 0.317 e. The average molecular weight is 285 g/mol. The summed E-state index contributed by atoms with van der Waals surface area (Å²) < 4.78 is 0. The van der Waals surface area contributed by atoms with Gasteiger partial charge in [0.05, 0.1) is 0 Å². The number of carbonyl (C=O) groups is 3. The molecule has 0 radical (unpaired) electrons. The van der Waals surface area contributed by atoms with Gasteiger partial charge >= 0.3 is 12.0 Å². The molecule has 2 N–H and O–H groups in total. The molecule has 0 bridgehead atoms. The van der Waals surface area contributed by atoms with E-state index in [4.69, 9.17) is 5.11 Å². The van der Waals surface area contributed by atoms with E-state index >= 15 is 0 Å². The van der Waals surface area contributed by atoms with Gasteiger partial charge in [0.15, 0.2) is 0 Å². The van der Waals surface area contributed by atoms with E-state index in [0.717, 1.165) is 6.42 Å². The highest BCUT2D eigenvalue weighted by Gasteiger charge is 2.24. The minimum atomic E-state index is -0.795. The van der Waals surface area contributed by atoms with Crippen LogP contribution in [0.4, 0.5) is 4.79 Å². The van der Waals surface area contributed by atoms with E-state index in [1.54, 1.807) is 11.9 Å². The third-order valence-corrected chi connectivity index (χ3v) is 3.51. The minimum absolute atomic E-state index is 0.0544. The third-order valence-electron chi connectivity index (χ3n) is 3.51. The summed E-state index contributed by atoms with van der Waals surface area (Å²) in [4.78, 5) is 36.9. The van der Waals surface area contributed by atoms with Crippen molar-refractivity contribution in [2.45, 2.75) is 26.2 Å². The number of amides is 3. The molecule has 1 fully saturated rings. The molecule has 1 atom stereocenters. The van der Waals surface area contributed by atoms with Crippen LogP contribution in [-0.4, -0.2) is 66.0 Å². The Balaban J connectivity index is 2.20. The van der Waals surface area contributed by atoms with Gasteiger partial charge in [-0.05, 0) is 18.8 Å². The van der Waals surface area contributed by atoms with Crippen LogP contribution >= 0.6 is 0 Å². The van der Waals surface area contributed by atoms with Crippen molar-refractivity contribution in [3.05, 3.63) is 0 Å². The molecule has 1 rings (SSSR count). The summed E-state index contributed by atoms with van der Waals surface area (Å²) in [6, 6.07) is -0.225. The molecule has 0 aromatic rings. The summed E-state index contributed by atoms with van der Waals surface area (Å²) in [5, 5.41) is 11.4.